The molecule has 0 saturated heterocycles. The van der Waals surface area contributed by atoms with Crippen molar-refractivity contribution in [2.24, 2.45) is 0 Å². The molecule has 1 aliphatic rings. The molecule has 7 heteroatoms. The van der Waals surface area contributed by atoms with E-state index in [2.05, 4.69) is 24.2 Å². The van der Waals surface area contributed by atoms with Crippen molar-refractivity contribution in [3.63, 3.8) is 0 Å². The Labute approximate surface area is 211 Å². The van der Waals surface area contributed by atoms with Crippen LogP contribution in [0.2, 0.25) is 10.0 Å². The van der Waals surface area contributed by atoms with E-state index in [1.807, 2.05) is 7.05 Å². The quantitative estimate of drug-likeness (QED) is 0.270. The van der Waals surface area contributed by atoms with Crippen LogP contribution in [0.15, 0.2) is 18.2 Å². The first kappa shape index (κ1) is 28.2. The average Bonchev–Trinajstić information content (AvgIpc) is 2.81. The number of urea groups is 1. The third-order valence-electron chi connectivity index (χ3n) is 6.61. The summed E-state index contributed by atoms with van der Waals surface area (Å²) >= 11 is 12.0. The lowest BCUT2D eigenvalue weighted by atomic mass is 9.92. The van der Waals surface area contributed by atoms with Gasteiger partial charge in [-0.2, -0.15) is 0 Å². The van der Waals surface area contributed by atoms with Gasteiger partial charge in [0, 0.05) is 25.4 Å². The second-order valence-electron chi connectivity index (χ2n) is 9.40. The summed E-state index contributed by atoms with van der Waals surface area (Å²) in [4.78, 5) is 16.9. The van der Waals surface area contributed by atoms with Gasteiger partial charge < -0.3 is 19.9 Å². The smallest absolute Gasteiger partial charge is 0.321 e. The van der Waals surface area contributed by atoms with E-state index in [-0.39, 0.29) is 12.1 Å². The zero-order valence-electron chi connectivity index (χ0n) is 20.8. The summed E-state index contributed by atoms with van der Waals surface area (Å²) in [7, 11) is 4.10. The number of carbonyl (C=O) groups excluding carboxylic acids is 1. The fourth-order valence-corrected chi connectivity index (χ4v) is 4.68. The molecule has 33 heavy (non-hydrogen) atoms. The number of nitrogens with zero attached hydrogens (tertiary/aromatic N) is 2. The summed E-state index contributed by atoms with van der Waals surface area (Å²) in [5, 5.41) is 3.82. The minimum atomic E-state index is -0.117. The molecule has 0 bridgehead atoms. The fourth-order valence-electron chi connectivity index (χ4n) is 4.38. The van der Waals surface area contributed by atoms with E-state index in [9.17, 15) is 4.79 Å². The largest absolute Gasteiger partial charge is 0.378 e. The minimum Gasteiger partial charge on any atom is -0.378 e. The lowest BCUT2D eigenvalue weighted by Crippen LogP contribution is -2.42. The Morgan fingerprint density at radius 3 is 2.30 bits per heavy atom. The molecule has 1 aromatic carbocycles. The molecular weight excluding hydrogens is 457 g/mol. The van der Waals surface area contributed by atoms with Gasteiger partial charge in [-0.3, -0.25) is 0 Å². The standard InChI is InChI=1S/C26H43Cl2N3O2/c1-4-5-8-17-30(2)18-9-6-7-10-19-33-23-14-12-22(13-15-23)31(3)26(32)29-21-11-16-24(27)25(28)20-21/h11,16,20,22-23H,4-10,12-15,17-19H2,1-3H3,(H,29,32)/t22-,23-. The van der Waals surface area contributed by atoms with Gasteiger partial charge in [0.05, 0.1) is 16.1 Å². The number of hydrogen-bond donors (Lipinski definition) is 1. The van der Waals surface area contributed by atoms with Crippen LogP contribution in [0.5, 0.6) is 0 Å². The minimum absolute atomic E-state index is 0.117. The zero-order chi connectivity index (χ0) is 24.1. The first-order chi connectivity index (χ1) is 15.9. The molecule has 188 valence electrons. The third-order valence-corrected chi connectivity index (χ3v) is 7.35. The van der Waals surface area contributed by atoms with E-state index in [1.165, 1.54) is 51.6 Å². The van der Waals surface area contributed by atoms with E-state index in [0.717, 1.165) is 38.7 Å². The number of halogens is 2. The lowest BCUT2D eigenvalue weighted by Gasteiger charge is -2.34. The number of anilines is 1. The van der Waals surface area contributed by atoms with Crippen LogP contribution in [-0.4, -0.2) is 61.8 Å². The van der Waals surface area contributed by atoms with Crippen LogP contribution in [0, 0.1) is 0 Å². The molecule has 1 aromatic rings. The molecule has 1 N–H and O–H groups in total. The van der Waals surface area contributed by atoms with Crippen molar-refractivity contribution in [3.05, 3.63) is 28.2 Å². The van der Waals surface area contributed by atoms with Gasteiger partial charge in [0.15, 0.2) is 0 Å². The molecule has 1 saturated carbocycles. The van der Waals surface area contributed by atoms with Crippen molar-refractivity contribution in [3.8, 4) is 0 Å². The number of carbonyl (C=O) groups is 1. The molecule has 0 unspecified atom stereocenters. The molecule has 0 aliphatic heterocycles. The van der Waals surface area contributed by atoms with Crippen molar-refractivity contribution in [1.82, 2.24) is 9.80 Å². The molecule has 0 aromatic heterocycles. The number of rotatable bonds is 14. The number of hydrogen-bond acceptors (Lipinski definition) is 3. The van der Waals surface area contributed by atoms with Gasteiger partial charge in [0.2, 0.25) is 0 Å². The first-order valence-corrected chi connectivity index (χ1v) is 13.4. The van der Waals surface area contributed by atoms with Gasteiger partial charge in [-0.25, -0.2) is 4.79 Å². The molecule has 1 aliphatic carbocycles. The fraction of sp³-hybridized carbons (Fsp3) is 0.731. The highest BCUT2D eigenvalue weighted by molar-refractivity contribution is 6.42. The van der Waals surface area contributed by atoms with Gasteiger partial charge in [-0.05, 0) is 83.3 Å². The van der Waals surface area contributed by atoms with Crippen LogP contribution < -0.4 is 5.32 Å². The summed E-state index contributed by atoms with van der Waals surface area (Å²) in [5.74, 6) is 0. The number of ether oxygens (including phenoxy) is 1. The second-order valence-corrected chi connectivity index (χ2v) is 10.2. The molecule has 0 radical (unpaired) electrons. The van der Waals surface area contributed by atoms with E-state index in [4.69, 9.17) is 27.9 Å². The number of nitrogens with one attached hydrogen (secondary N) is 1. The summed E-state index contributed by atoms with van der Waals surface area (Å²) in [6.45, 7) is 5.55. The van der Waals surface area contributed by atoms with Crippen molar-refractivity contribution in [1.29, 1.82) is 0 Å². The highest BCUT2D eigenvalue weighted by Crippen LogP contribution is 2.27. The maximum absolute atomic E-state index is 12.6. The highest BCUT2D eigenvalue weighted by atomic mass is 35.5. The average molecular weight is 501 g/mol. The van der Waals surface area contributed by atoms with Crippen molar-refractivity contribution < 1.29 is 9.53 Å². The van der Waals surface area contributed by atoms with E-state index >= 15 is 0 Å². The molecule has 0 atom stereocenters. The van der Waals surface area contributed by atoms with Crippen LogP contribution in [0.25, 0.3) is 0 Å². The maximum atomic E-state index is 12.6. The summed E-state index contributed by atoms with van der Waals surface area (Å²) < 4.78 is 6.13. The van der Waals surface area contributed by atoms with Crippen molar-refractivity contribution in [2.75, 3.05) is 39.1 Å². The Balaban J connectivity index is 1.53. The Morgan fingerprint density at radius 1 is 0.970 bits per heavy atom. The molecular formula is C26H43Cl2N3O2. The predicted molar refractivity (Wildman–Crippen MR) is 141 cm³/mol. The molecule has 0 spiro atoms. The lowest BCUT2D eigenvalue weighted by molar-refractivity contribution is 0.0130. The normalized spacial score (nSPS) is 18.5. The Bertz CT molecular complexity index is 696. The molecule has 0 heterocycles. The van der Waals surface area contributed by atoms with Crippen LogP contribution in [0.4, 0.5) is 10.5 Å². The van der Waals surface area contributed by atoms with Crippen LogP contribution in [0.1, 0.15) is 77.6 Å². The summed E-state index contributed by atoms with van der Waals surface area (Å²) in [5.41, 5.74) is 0.654. The van der Waals surface area contributed by atoms with E-state index in [1.54, 1.807) is 23.1 Å². The Morgan fingerprint density at radius 2 is 1.64 bits per heavy atom. The first-order valence-electron chi connectivity index (χ1n) is 12.7. The Kier molecular flexibility index (Phi) is 13.5. The third kappa shape index (κ3) is 10.9. The summed E-state index contributed by atoms with van der Waals surface area (Å²) in [6.07, 6.45) is 13.2. The van der Waals surface area contributed by atoms with E-state index in [0.29, 0.717) is 21.8 Å². The van der Waals surface area contributed by atoms with Crippen LogP contribution >= 0.6 is 23.2 Å². The number of amides is 2. The maximum Gasteiger partial charge on any atom is 0.321 e. The zero-order valence-corrected chi connectivity index (χ0v) is 22.3. The van der Waals surface area contributed by atoms with Gasteiger partial charge in [0.25, 0.3) is 0 Å². The monoisotopic (exact) mass is 499 g/mol. The predicted octanol–water partition coefficient (Wildman–Crippen LogP) is 7.47. The SMILES string of the molecule is CCCCCN(C)CCCCCCO[C@H]1CC[C@H](N(C)C(=O)Nc2ccc(Cl)c(Cl)c2)CC1. The summed E-state index contributed by atoms with van der Waals surface area (Å²) in [6, 6.07) is 5.24. The van der Waals surface area contributed by atoms with Crippen molar-refractivity contribution in [2.45, 2.75) is 89.7 Å². The second kappa shape index (κ2) is 15.8. The highest BCUT2D eigenvalue weighted by Gasteiger charge is 2.27. The van der Waals surface area contributed by atoms with Crippen molar-refractivity contribution >= 4 is 34.9 Å². The van der Waals surface area contributed by atoms with Gasteiger partial charge in [0.1, 0.15) is 0 Å². The van der Waals surface area contributed by atoms with Crippen LogP contribution in [-0.2, 0) is 4.74 Å². The molecule has 2 rings (SSSR count). The topological polar surface area (TPSA) is 44.8 Å². The van der Waals surface area contributed by atoms with Crippen LogP contribution in [0.3, 0.4) is 0 Å². The molecule has 5 nitrogen and oxygen atoms in total. The van der Waals surface area contributed by atoms with Gasteiger partial charge in [-0.1, -0.05) is 55.8 Å². The molecule has 2 amide bonds. The number of benzene rings is 1. The van der Waals surface area contributed by atoms with Gasteiger partial charge in [-0.15, -0.1) is 0 Å². The van der Waals surface area contributed by atoms with Gasteiger partial charge >= 0.3 is 6.03 Å². The van der Waals surface area contributed by atoms with E-state index < -0.39 is 0 Å². The Hall–Kier alpha value is -1.01. The number of unbranched alkanes of at least 4 members (excludes halogenated alkanes) is 5. The molecule has 1 fully saturated rings.